The van der Waals surface area contributed by atoms with Gasteiger partial charge in [-0.25, -0.2) is 0 Å². The molecule has 0 saturated carbocycles. The molecule has 40 heavy (non-hydrogen) atoms. The van der Waals surface area contributed by atoms with Crippen molar-refractivity contribution in [3.05, 3.63) is 77.9 Å². The summed E-state index contributed by atoms with van der Waals surface area (Å²) in [6.45, 7) is 4.74. The molecule has 2 heterocycles. The van der Waals surface area contributed by atoms with Crippen LogP contribution in [0.15, 0.2) is 66.7 Å². The molecule has 0 spiro atoms. The molecule has 2 saturated heterocycles. The summed E-state index contributed by atoms with van der Waals surface area (Å²) < 4.78 is 10.8. The van der Waals surface area contributed by atoms with E-state index < -0.39 is 0 Å². The lowest BCUT2D eigenvalue weighted by Crippen LogP contribution is -2.47. The van der Waals surface area contributed by atoms with Crippen LogP contribution in [0.3, 0.4) is 0 Å². The number of piperazine rings is 1. The fourth-order valence-electron chi connectivity index (χ4n) is 5.54. The summed E-state index contributed by atoms with van der Waals surface area (Å²) in [5, 5.41) is 3.01. The van der Waals surface area contributed by atoms with Gasteiger partial charge in [-0.15, -0.1) is 0 Å². The van der Waals surface area contributed by atoms with E-state index in [0.717, 1.165) is 87.0 Å². The number of carbonyl (C=O) groups is 2. The highest BCUT2D eigenvalue weighted by molar-refractivity contribution is 6.02. The third kappa shape index (κ3) is 6.33. The lowest BCUT2D eigenvalue weighted by Gasteiger charge is -2.39. The third-order valence-corrected chi connectivity index (χ3v) is 7.72. The number of hydrogen-bond donors (Lipinski definition) is 1. The smallest absolute Gasteiger partial charge is 0.256 e. The van der Waals surface area contributed by atoms with Gasteiger partial charge in [0.1, 0.15) is 11.5 Å². The Kier molecular flexibility index (Phi) is 8.74. The number of amides is 2. The SMILES string of the molecule is COc1ccc(CC(=O)Nc2ccc(N3CCN(c4ccccc4OC)CC3)c(C(=O)N3CCCCC3)c2)cc1. The number of carbonyl (C=O) groups excluding carboxylic acids is 2. The molecule has 8 nitrogen and oxygen atoms in total. The molecular weight excluding hydrogens is 504 g/mol. The summed E-state index contributed by atoms with van der Waals surface area (Å²) in [6.07, 6.45) is 3.45. The molecule has 210 valence electrons. The van der Waals surface area contributed by atoms with E-state index in [1.165, 1.54) is 0 Å². The van der Waals surface area contributed by atoms with Crippen LogP contribution in [0.4, 0.5) is 17.1 Å². The monoisotopic (exact) mass is 542 g/mol. The molecule has 8 heteroatoms. The van der Waals surface area contributed by atoms with Gasteiger partial charge in [0.25, 0.3) is 5.91 Å². The van der Waals surface area contributed by atoms with E-state index in [0.29, 0.717) is 11.3 Å². The molecule has 2 fully saturated rings. The van der Waals surface area contributed by atoms with Gasteiger partial charge in [0.05, 0.1) is 31.9 Å². The van der Waals surface area contributed by atoms with Crippen LogP contribution in [0.25, 0.3) is 0 Å². The molecule has 0 aliphatic carbocycles. The number of nitrogens with one attached hydrogen (secondary N) is 1. The summed E-state index contributed by atoms with van der Waals surface area (Å²) in [7, 11) is 3.32. The van der Waals surface area contributed by atoms with Crippen LogP contribution in [-0.2, 0) is 11.2 Å². The van der Waals surface area contributed by atoms with Crippen LogP contribution in [-0.4, -0.2) is 70.2 Å². The Morgan fingerprint density at radius 3 is 2.10 bits per heavy atom. The van der Waals surface area contributed by atoms with Gasteiger partial charge in [0.2, 0.25) is 5.91 Å². The zero-order chi connectivity index (χ0) is 27.9. The molecule has 3 aromatic rings. The standard InChI is InChI=1S/C32H38N4O4/c1-39-26-13-10-24(11-14-26)22-31(37)33-25-12-15-28(27(23-25)32(38)36-16-6-3-7-17-36)34-18-20-35(21-19-34)29-8-4-5-9-30(29)40-2/h4-5,8-15,23H,3,6-7,16-22H2,1-2H3,(H,33,37). The number of hydrogen-bond acceptors (Lipinski definition) is 6. The highest BCUT2D eigenvalue weighted by atomic mass is 16.5. The van der Waals surface area contributed by atoms with Gasteiger partial charge in [-0.2, -0.15) is 0 Å². The molecule has 0 atom stereocenters. The minimum absolute atomic E-state index is 0.0353. The minimum atomic E-state index is -0.125. The summed E-state index contributed by atoms with van der Waals surface area (Å²) in [4.78, 5) is 33.2. The first-order valence-corrected chi connectivity index (χ1v) is 14.0. The summed E-state index contributed by atoms with van der Waals surface area (Å²) in [6, 6.07) is 21.3. The number of rotatable bonds is 8. The normalized spacial score (nSPS) is 15.5. The highest BCUT2D eigenvalue weighted by Crippen LogP contribution is 2.32. The van der Waals surface area contributed by atoms with Gasteiger partial charge in [-0.3, -0.25) is 9.59 Å². The number of benzene rings is 3. The molecule has 3 aromatic carbocycles. The van der Waals surface area contributed by atoms with Crippen LogP contribution in [0.5, 0.6) is 11.5 Å². The number of methoxy groups -OCH3 is 2. The third-order valence-electron chi connectivity index (χ3n) is 7.72. The Bertz CT molecular complexity index is 1310. The van der Waals surface area contributed by atoms with Gasteiger partial charge in [-0.1, -0.05) is 24.3 Å². The molecule has 0 unspecified atom stereocenters. The number of piperidine rings is 1. The number of nitrogens with zero attached hydrogens (tertiary/aromatic N) is 3. The minimum Gasteiger partial charge on any atom is -0.497 e. The molecule has 0 bridgehead atoms. The zero-order valence-electron chi connectivity index (χ0n) is 23.4. The predicted molar refractivity (Wildman–Crippen MR) is 159 cm³/mol. The summed E-state index contributed by atoms with van der Waals surface area (Å²) in [5.74, 6) is 1.53. The fraction of sp³-hybridized carbons (Fsp3) is 0.375. The first kappa shape index (κ1) is 27.4. The van der Waals surface area contributed by atoms with Crippen molar-refractivity contribution in [1.82, 2.24) is 4.90 Å². The largest absolute Gasteiger partial charge is 0.497 e. The Hall–Kier alpha value is -4.20. The van der Waals surface area contributed by atoms with Gasteiger partial charge in [0, 0.05) is 50.6 Å². The molecule has 2 aliphatic heterocycles. The van der Waals surface area contributed by atoms with Crippen molar-refractivity contribution < 1.29 is 19.1 Å². The van der Waals surface area contributed by atoms with Crippen molar-refractivity contribution in [2.75, 3.05) is 68.6 Å². The predicted octanol–water partition coefficient (Wildman–Crippen LogP) is 4.84. The second kappa shape index (κ2) is 12.8. The number of para-hydroxylation sites is 2. The van der Waals surface area contributed by atoms with E-state index in [-0.39, 0.29) is 18.2 Å². The average molecular weight is 543 g/mol. The van der Waals surface area contributed by atoms with E-state index in [4.69, 9.17) is 9.47 Å². The van der Waals surface area contributed by atoms with Crippen LogP contribution in [0, 0.1) is 0 Å². The van der Waals surface area contributed by atoms with E-state index in [9.17, 15) is 9.59 Å². The van der Waals surface area contributed by atoms with Crippen molar-refractivity contribution in [3.63, 3.8) is 0 Å². The second-order valence-corrected chi connectivity index (χ2v) is 10.3. The van der Waals surface area contributed by atoms with Crippen LogP contribution < -0.4 is 24.6 Å². The van der Waals surface area contributed by atoms with Crippen molar-refractivity contribution in [1.29, 1.82) is 0 Å². The maximum atomic E-state index is 13.8. The summed E-state index contributed by atoms with van der Waals surface area (Å²) >= 11 is 0. The van der Waals surface area contributed by atoms with Gasteiger partial charge in [-0.05, 0) is 67.3 Å². The Balaban J connectivity index is 1.33. The van der Waals surface area contributed by atoms with Crippen LogP contribution in [0.1, 0.15) is 35.2 Å². The topological polar surface area (TPSA) is 74.4 Å². The van der Waals surface area contributed by atoms with Crippen molar-refractivity contribution >= 4 is 28.9 Å². The Labute approximate surface area is 236 Å². The number of anilines is 3. The number of ether oxygens (including phenoxy) is 2. The van der Waals surface area contributed by atoms with Crippen LogP contribution >= 0.6 is 0 Å². The molecular formula is C32H38N4O4. The van der Waals surface area contributed by atoms with Gasteiger partial charge >= 0.3 is 0 Å². The quantitative estimate of drug-likeness (QED) is 0.439. The molecule has 2 amide bonds. The molecule has 5 rings (SSSR count). The Morgan fingerprint density at radius 2 is 1.43 bits per heavy atom. The second-order valence-electron chi connectivity index (χ2n) is 10.3. The summed E-state index contributed by atoms with van der Waals surface area (Å²) in [5.41, 5.74) is 4.19. The van der Waals surface area contributed by atoms with E-state index in [1.54, 1.807) is 14.2 Å². The maximum Gasteiger partial charge on any atom is 0.256 e. The molecule has 0 aromatic heterocycles. The van der Waals surface area contributed by atoms with E-state index in [2.05, 4.69) is 21.2 Å². The highest BCUT2D eigenvalue weighted by Gasteiger charge is 2.26. The average Bonchev–Trinajstić information content (AvgIpc) is 3.01. The zero-order valence-corrected chi connectivity index (χ0v) is 23.4. The van der Waals surface area contributed by atoms with Crippen molar-refractivity contribution in [2.45, 2.75) is 25.7 Å². The van der Waals surface area contributed by atoms with Gasteiger partial charge < -0.3 is 29.5 Å². The lowest BCUT2D eigenvalue weighted by molar-refractivity contribution is -0.115. The van der Waals surface area contributed by atoms with Gasteiger partial charge in [0.15, 0.2) is 0 Å². The molecule has 1 N–H and O–H groups in total. The van der Waals surface area contributed by atoms with E-state index in [1.807, 2.05) is 65.6 Å². The number of likely N-dealkylation sites (tertiary alicyclic amines) is 1. The fourth-order valence-corrected chi connectivity index (χ4v) is 5.54. The first-order valence-electron chi connectivity index (χ1n) is 14.0. The lowest BCUT2D eigenvalue weighted by atomic mass is 10.0. The van der Waals surface area contributed by atoms with Crippen molar-refractivity contribution in [3.8, 4) is 11.5 Å². The maximum absolute atomic E-state index is 13.8. The first-order chi connectivity index (χ1) is 19.6. The van der Waals surface area contributed by atoms with Crippen LogP contribution in [0.2, 0.25) is 0 Å². The molecule has 2 aliphatic rings. The Morgan fingerprint density at radius 1 is 0.750 bits per heavy atom. The van der Waals surface area contributed by atoms with Crippen molar-refractivity contribution in [2.24, 2.45) is 0 Å². The molecule has 0 radical (unpaired) electrons. The van der Waals surface area contributed by atoms with E-state index >= 15 is 0 Å².